The van der Waals surface area contributed by atoms with E-state index in [1.54, 1.807) is 13.0 Å². The summed E-state index contributed by atoms with van der Waals surface area (Å²) in [5.74, 6) is -0.176. The molecule has 0 aliphatic rings. The molecule has 1 heterocycles. The van der Waals surface area contributed by atoms with Crippen LogP contribution in [0.15, 0.2) is 28.7 Å². The Balaban J connectivity index is 2.47. The third-order valence-corrected chi connectivity index (χ3v) is 3.26. The zero-order valence-corrected chi connectivity index (χ0v) is 12.2. The Morgan fingerprint density at radius 1 is 1.42 bits per heavy atom. The smallest absolute Gasteiger partial charge is 0.303 e. The summed E-state index contributed by atoms with van der Waals surface area (Å²) in [6.45, 7) is 3.13. The second-order valence-corrected chi connectivity index (χ2v) is 4.75. The molecule has 1 aromatic carbocycles. The van der Waals surface area contributed by atoms with Gasteiger partial charge in [0.2, 0.25) is 5.78 Å². The summed E-state index contributed by atoms with van der Waals surface area (Å²) >= 11 is 3.11. The molecule has 0 saturated heterocycles. The molecule has 19 heavy (non-hydrogen) atoms. The van der Waals surface area contributed by atoms with Crippen LogP contribution in [0.25, 0.3) is 11.0 Å². The van der Waals surface area contributed by atoms with E-state index in [2.05, 4.69) is 15.9 Å². The molecule has 0 radical (unpaired) electrons. The molecule has 4 nitrogen and oxygen atoms in total. The van der Waals surface area contributed by atoms with Crippen LogP contribution in [0, 0.1) is 0 Å². The van der Waals surface area contributed by atoms with Gasteiger partial charge in [0.25, 0.3) is 0 Å². The third-order valence-electron chi connectivity index (χ3n) is 2.75. The molecule has 0 amide bonds. The molecule has 0 N–H and O–H groups in total. The number of ether oxygens (including phenoxy) is 1. The quantitative estimate of drug-likeness (QED) is 0.489. The number of halogens is 1. The maximum atomic E-state index is 11.6. The maximum Gasteiger partial charge on any atom is 0.303 e. The van der Waals surface area contributed by atoms with Gasteiger partial charge in [-0.3, -0.25) is 9.59 Å². The highest BCUT2D eigenvalue weighted by atomic mass is 79.9. The molecule has 2 aromatic rings. The van der Waals surface area contributed by atoms with Crippen molar-refractivity contribution in [2.45, 2.75) is 20.0 Å². The first-order chi connectivity index (χ1) is 9.02. The first kappa shape index (κ1) is 13.8. The van der Waals surface area contributed by atoms with Gasteiger partial charge in [0.15, 0.2) is 5.76 Å². The SMILES string of the molecule is CC(=O)OC(C)c1cccc2cc(C(=O)CBr)oc12. The molecule has 0 fully saturated rings. The van der Waals surface area contributed by atoms with E-state index in [4.69, 9.17) is 9.15 Å². The Hall–Kier alpha value is -1.62. The lowest BCUT2D eigenvalue weighted by Crippen LogP contribution is -2.04. The van der Waals surface area contributed by atoms with E-state index in [9.17, 15) is 9.59 Å². The highest BCUT2D eigenvalue weighted by Gasteiger charge is 2.17. The lowest BCUT2D eigenvalue weighted by atomic mass is 10.1. The molecule has 1 atom stereocenters. The Kier molecular flexibility index (Phi) is 4.04. The van der Waals surface area contributed by atoms with E-state index in [-0.39, 0.29) is 17.1 Å². The predicted octanol–water partition coefficient (Wildman–Crippen LogP) is 3.63. The first-order valence-corrected chi connectivity index (χ1v) is 6.94. The van der Waals surface area contributed by atoms with E-state index in [1.165, 1.54) is 6.92 Å². The summed E-state index contributed by atoms with van der Waals surface area (Å²) < 4.78 is 10.7. The standard InChI is InChI=1S/C14H13BrO4/c1-8(18-9(2)16)11-5-3-4-10-6-13(12(17)7-15)19-14(10)11/h3-6,8H,7H2,1-2H3. The van der Waals surface area contributed by atoms with Gasteiger partial charge in [-0.2, -0.15) is 0 Å². The van der Waals surface area contributed by atoms with Gasteiger partial charge >= 0.3 is 5.97 Å². The fraction of sp³-hybridized carbons (Fsp3) is 0.286. The number of furan rings is 1. The number of benzene rings is 1. The van der Waals surface area contributed by atoms with Gasteiger partial charge in [-0.15, -0.1) is 0 Å². The molecule has 1 aromatic heterocycles. The molecule has 1 unspecified atom stereocenters. The van der Waals surface area contributed by atoms with Gasteiger partial charge in [0.05, 0.1) is 5.33 Å². The van der Waals surface area contributed by atoms with Crippen molar-refractivity contribution in [3.05, 3.63) is 35.6 Å². The number of para-hydroxylation sites is 1. The highest BCUT2D eigenvalue weighted by molar-refractivity contribution is 9.09. The highest BCUT2D eigenvalue weighted by Crippen LogP contribution is 2.29. The van der Waals surface area contributed by atoms with Crippen molar-refractivity contribution in [3.63, 3.8) is 0 Å². The second kappa shape index (κ2) is 5.57. The van der Waals surface area contributed by atoms with Gasteiger partial charge in [-0.1, -0.05) is 34.1 Å². The van der Waals surface area contributed by atoms with Crippen molar-refractivity contribution < 1.29 is 18.7 Å². The average Bonchev–Trinajstić information content (AvgIpc) is 2.80. The molecule has 0 saturated carbocycles. The van der Waals surface area contributed by atoms with Crippen LogP contribution in [-0.2, 0) is 9.53 Å². The molecule has 100 valence electrons. The number of ketones is 1. The largest absolute Gasteiger partial charge is 0.458 e. The summed E-state index contributed by atoms with van der Waals surface area (Å²) in [5, 5.41) is 1.03. The minimum absolute atomic E-state index is 0.123. The zero-order chi connectivity index (χ0) is 14.0. The molecular formula is C14H13BrO4. The minimum Gasteiger partial charge on any atom is -0.458 e. The van der Waals surface area contributed by atoms with Crippen LogP contribution < -0.4 is 0 Å². The number of fused-ring (bicyclic) bond motifs is 1. The topological polar surface area (TPSA) is 56.5 Å². The summed E-state index contributed by atoms with van der Waals surface area (Å²) in [5.41, 5.74) is 1.34. The summed E-state index contributed by atoms with van der Waals surface area (Å²) in [4.78, 5) is 22.6. The lowest BCUT2D eigenvalue weighted by Gasteiger charge is -2.12. The number of carbonyl (C=O) groups is 2. The molecule has 2 rings (SSSR count). The molecule has 0 spiro atoms. The van der Waals surface area contributed by atoms with Crippen molar-refractivity contribution >= 4 is 38.7 Å². The summed E-state index contributed by atoms with van der Waals surface area (Å²) in [6.07, 6.45) is -0.417. The first-order valence-electron chi connectivity index (χ1n) is 5.81. The number of rotatable bonds is 4. The molecule has 0 aliphatic carbocycles. The van der Waals surface area contributed by atoms with Crippen LogP contribution in [-0.4, -0.2) is 17.1 Å². The number of Topliss-reactive ketones (excluding diaryl/α,β-unsaturated/α-hetero) is 1. The van der Waals surface area contributed by atoms with Crippen molar-refractivity contribution in [2.75, 3.05) is 5.33 Å². The van der Waals surface area contributed by atoms with Crippen LogP contribution >= 0.6 is 15.9 Å². The fourth-order valence-electron chi connectivity index (χ4n) is 1.92. The van der Waals surface area contributed by atoms with E-state index in [0.717, 1.165) is 10.9 Å². The molecule has 5 heteroatoms. The van der Waals surface area contributed by atoms with Gasteiger partial charge < -0.3 is 9.15 Å². The lowest BCUT2D eigenvalue weighted by molar-refractivity contribution is -0.145. The third kappa shape index (κ3) is 2.87. The summed E-state index contributed by atoms with van der Waals surface area (Å²) in [6, 6.07) is 7.22. The number of alkyl halides is 1. The van der Waals surface area contributed by atoms with Crippen LogP contribution in [0.4, 0.5) is 0 Å². The fourth-order valence-corrected chi connectivity index (χ4v) is 2.20. The van der Waals surface area contributed by atoms with Crippen LogP contribution in [0.1, 0.15) is 36.1 Å². The number of carbonyl (C=O) groups excluding carboxylic acids is 2. The predicted molar refractivity (Wildman–Crippen MR) is 74.5 cm³/mol. The van der Waals surface area contributed by atoms with E-state index >= 15 is 0 Å². The molecule has 0 bridgehead atoms. The maximum absolute atomic E-state index is 11.6. The van der Waals surface area contributed by atoms with Crippen molar-refractivity contribution in [1.29, 1.82) is 0 Å². The Morgan fingerprint density at radius 3 is 2.79 bits per heavy atom. The van der Waals surface area contributed by atoms with Crippen LogP contribution in [0.3, 0.4) is 0 Å². The number of hydrogen-bond acceptors (Lipinski definition) is 4. The van der Waals surface area contributed by atoms with Gasteiger partial charge in [0, 0.05) is 17.9 Å². The van der Waals surface area contributed by atoms with Crippen LogP contribution in [0.2, 0.25) is 0 Å². The summed E-state index contributed by atoms with van der Waals surface area (Å²) in [7, 11) is 0. The molecule has 0 aliphatic heterocycles. The van der Waals surface area contributed by atoms with E-state index in [1.807, 2.05) is 18.2 Å². The van der Waals surface area contributed by atoms with E-state index in [0.29, 0.717) is 11.3 Å². The Morgan fingerprint density at radius 2 is 2.16 bits per heavy atom. The van der Waals surface area contributed by atoms with Crippen LogP contribution in [0.5, 0.6) is 0 Å². The van der Waals surface area contributed by atoms with Crippen molar-refractivity contribution in [2.24, 2.45) is 0 Å². The number of hydrogen-bond donors (Lipinski definition) is 0. The van der Waals surface area contributed by atoms with Crippen molar-refractivity contribution in [3.8, 4) is 0 Å². The molecular weight excluding hydrogens is 312 g/mol. The zero-order valence-electron chi connectivity index (χ0n) is 10.6. The second-order valence-electron chi connectivity index (χ2n) is 4.18. The average molecular weight is 325 g/mol. The van der Waals surface area contributed by atoms with Gasteiger partial charge in [-0.25, -0.2) is 0 Å². The number of esters is 1. The Bertz CT molecular complexity index is 629. The minimum atomic E-state index is -0.417. The van der Waals surface area contributed by atoms with Gasteiger partial charge in [0.1, 0.15) is 11.7 Å². The monoisotopic (exact) mass is 324 g/mol. The normalized spacial score (nSPS) is 12.4. The van der Waals surface area contributed by atoms with Crippen molar-refractivity contribution in [1.82, 2.24) is 0 Å². The Labute approximate surface area is 118 Å². The van der Waals surface area contributed by atoms with Gasteiger partial charge in [-0.05, 0) is 13.0 Å². The van der Waals surface area contributed by atoms with E-state index < -0.39 is 6.10 Å².